The summed E-state index contributed by atoms with van der Waals surface area (Å²) in [5.74, 6) is 2.74. The van der Waals surface area contributed by atoms with Gasteiger partial charge in [-0.05, 0) is 67.6 Å². The summed E-state index contributed by atoms with van der Waals surface area (Å²) in [6.45, 7) is 5.05. The number of piperidine rings is 1. The number of aromatic nitrogens is 2. The van der Waals surface area contributed by atoms with Gasteiger partial charge in [0.25, 0.3) is 5.56 Å². The molecule has 1 aliphatic rings. The van der Waals surface area contributed by atoms with Crippen LogP contribution in [0.4, 0.5) is 0 Å². The summed E-state index contributed by atoms with van der Waals surface area (Å²) >= 11 is 0. The number of likely N-dealkylation sites (tertiary alicyclic amines) is 1. The van der Waals surface area contributed by atoms with Gasteiger partial charge in [-0.3, -0.25) is 14.7 Å². The van der Waals surface area contributed by atoms with Gasteiger partial charge in [-0.25, -0.2) is 0 Å². The summed E-state index contributed by atoms with van der Waals surface area (Å²) in [5.41, 5.74) is 2.11. The molecule has 4 rings (SSSR count). The van der Waals surface area contributed by atoms with Gasteiger partial charge in [-0.1, -0.05) is 31.2 Å². The Morgan fingerprint density at radius 1 is 1.10 bits per heavy atom. The van der Waals surface area contributed by atoms with E-state index >= 15 is 0 Å². The second kappa shape index (κ2) is 9.05. The topological polar surface area (TPSA) is 58.2 Å². The van der Waals surface area contributed by atoms with Crippen molar-refractivity contribution >= 4 is 0 Å². The molecule has 150 valence electrons. The fourth-order valence-corrected chi connectivity index (χ4v) is 4.17. The first-order chi connectivity index (χ1) is 14.2. The van der Waals surface area contributed by atoms with E-state index in [0.29, 0.717) is 11.8 Å². The number of nitrogens with one attached hydrogen (secondary N) is 1. The van der Waals surface area contributed by atoms with Gasteiger partial charge < -0.3 is 9.72 Å². The Bertz CT molecular complexity index is 978. The summed E-state index contributed by atoms with van der Waals surface area (Å²) < 4.78 is 6.15. The van der Waals surface area contributed by atoms with Crippen LogP contribution in [0.1, 0.15) is 36.8 Å². The molecule has 5 nitrogen and oxygen atoms in total. The van der Waals surface area contributed by atoms with E-state index in [2.05, 4.69) is 33.9 Å². The van der Waals surface area contributed by atoms with Crippen molar-refractivity contribution in [3.05, 3.63) is 88.6 Å². The van der Waals surface area contributed by atoms with Gasteiger partial charge in [-0.15, -0.1) is 0 Å². The maximum absolute atomic E-state index is 11.9. The minimum atomic E-state index is 0.0187. The van der Waals surface area contributed by atoms with Crippen LogP contribution in [0.5, 0.6) is 11.5 Å². The van der Waals surface area contributed by atoms with E-state index in [0.717, 1.165) is 49.5 Å². The quantitative estimate of drug-likeness (QED) is 0.670. The van der Waals surface area contributed by atoms with E-state index in [4.69, 9.17) is 4.74 Å². The van der Waals surface area contributed by atoms with Gasteiger partial charge in [0.1, 0.15) is 11.5 Å². The van der Waals surface area contributed by atoms with Gasteiger partial charge in [0.15, 0.2) is 0 Å². The number of pyridine rings is 2. The number of benzene rings is 1. The SMILES string of the molecule is CC(c1ccccc1Oc1ccncc1)C1CCN(Cc2ccc[nH]c2=O)CC1. The number of ether oxygens (including phenoxy) is 1. The zero-order valence-corrected chi connectivity index (χ0v) is 16.8. The van der Waals surface area contributed by atoms with E-state index in [1.165, 1.54) is 5.56 Å². The summed E-state index contributed by atoms with van der Waals surface area (Å²) in [6, 6.07) is 15.9. The minimum absolute atomic E-state index is 0.0187. The van der Waals surface area contributed by atoms with Crippen molar-refractivity contribution in [2.45, 2.75) is 32.2 Å². The van der Waals surface area contributed by atoms with Gasteiger partial charge in [0, 0.05) is 30.7 Å². The number of hydrogen-bond donors (Lipinski definition) is 1. The molecule has 1 atom stereocenters. The lowest BCUT2D eigenvalue weighted by molar-refractivity contribution is 0.164. The molecule has 0 radical (unpaired) electrons. The van der Waals surface area contributed by atoms with Crippen molar-refractivity contribution in [3.8, 4) is 11.5 Å². The van der Waals surface area contributed by atoms with Crippen LogP contribution in [-0.4, -0.2) is 28.0 Å². The van der Waals surface area contributed by atoms with Crippen LogP contribution < -0.4 is 10.3 Å². The van der Waals surface area contributed by atoms with Crippen LogP contribution in [0.25, 0.3) is 0 Å². The molecule has 5 heteroatoms. The highest BCUT2D eigenvalue weighted by atomic mass is 16.5. The fourth-order valence-electron chi connectivity index (χ4n) is 4.17. The molecule has 3 heterocycles. The van der Waals surface area contributed by atoms with Crippen molar-refractivity contribution in [2.24, 2.45) is 5.92 Å². The number of para-hydroxylation sites is 1. The zero-order chi connectivity index (χ0) is 20.1. The third-order valence-electron chi connectivity index (χ3n) is 5.92. The molecule has 0 amide bonds. The van der Waals surface area contributed by atoms with Crippen LogP contribution in [-0.2, 0) is 6.54 Å². The first-order valence-electron chi connectivity index (χ1n) is 10.3. The molecule has 1 aliphatic heterocycles. The first kappa shape index (κ1) is 19.4. The second-order valence-electron chi connectivity index (χ2n) is 7.75. The highest BCUT2D eigenvalue weighted by Crippen LogP contribution is 2.38. The number of nitrogens with zero attached hydrogens (tertiary/aromatic N) is 2. The van der Waals surface area contributed by atoms with Crippen molar-refractivity contribution in [1.82, 2.24) is 14.9 Å². The Hall–Kier alpha value is -2.92. The third kappa shape index (κ3) is 4.74. The Morgan fingerprint density at radius 3 is 2.62 bits per heavy atom. The standard InChI is InChI=1S/C24H27N3O2/c1-18(22-6-2-3-7-23(22)29-21-8-13-25-14-9-21)19-10-15-27(16-11-19)17-20-5-4-12-26-24(20)28/h2-9,12-14,18-19H,10-11,15-17H2,1H3,(H,26,28). The monoisotopic (exact) mass is 389 g/mol. The molecule has 1 aromatic carbocycles. The highest BCUT2D eigenvalue weighted by Gasteiger charge is 2.27. The Kier molecular flexibility index (Phi) is 6.06. The van der Waals surface area contributed by atoms with Gasteiger partial charge in [-0.2, -0.15) is 0 Å². The van der Waals surface area contributed by atoms with Crippen LogP contribution in [0, 0.1) is 5.92 Å². The predicted octanol–water partition coefficient (Wildman–Crippen LogP) is 4.58. The molecule has 1 unspecified atom stereocenters. The molecule has 0 spiro atoms. The third-order valence-corrected chi connectivity index (χ3v) is 5.92. The average molecular weight is 389 g/mol. The lowest BCUT2D eigenvalue weighted by Gasteiger charge is -2.35. The van der Waals surface area contributed by atoms with E-state index in [1.807, 2.05) is 36.4 Å². The molecule has 1 N–H and O–H groups in total. The molecule has 29 heavy (non-hydrogen) atoms. The van der Waals surface area contributed by atoms with E-state index in [9.17, 15) is 4.79 Å². The van der Waals surface area contributed by atoms with Crippen molar-refractivity contribution < 1.29 is 4.74 Å². The summed E-state index contributed by atoms with van der Waals surface area (Å²) in [5, 5.41) is 0. The van der Waals surface area contributed by atoms with Crippen LogP contribution in [0.3, 0.4) is 0 Å². The van der Waals surface area contributed by atoms with Crippen LogP contribution in [0.15, 0.2) is 71.9 Å². The largest absolute Gasteiger partial charge is 0.457 e. The molecule has 3 aromatic rings. The zero-order valence-electron chi connectivity index (χ0n) is 16.8. The van der Waals surface area contributed by atoms with Crippen LogP contribution in [0.2, 0.25) is 0 Å². The molecule has 2 aromatic heterocycles. The molecular formula is C24H27N3O2. The minimum Gasteiger partial charge on any atom is -0.457 e. The molecule has 0 saturated carbocycles. The molecule has 0 aliphatic carbocycles. The lowest BCUT2D eigenvalue weighted by atomic mass is 9.81. The van der Waals surface area contributed by atoms with Crippen LogP contribution >= 0.6 is 0 Å². The van der Waals surface area contributed by atoms with Crippen molar-refractivity contribution in [1.29, 1.82) is 0 Å². The summed E-state index contributed by atoms with van der Waals surface area (Å²) in [6.07, 6.45) is 7.42. The predicted molar refractivity (Wildman–Crippen MR) is 114 cm³/mol. The number of H-pyrrole nitrogens is 1. The Labute approximate surface area is 171 Å². The van der Waals surface area contributed by atoms with E-state index in [1.54, 1.807) is 18.6 Å². The fraction of sp³-hybridized carbons (Fsp3) is 0.333. The highest BCUT2D eigenvalue weighted by molar-refractivity contribution is 5.39. The van der Waals surface area contributed by atoms with E-state index < -0.39 is 0 Å². The second-order valence-corrected chi connectivity index (χ2v) is 7.75. The van der Waals surface area contributed by atoms with Gasteiger partial charge in [0.2, 0.25) is 0 Å². The average Bonchev–Trinajstić information content (AvgIpc) is 2.77. The number of aromatic amines is 1. The molecule has 1 saturated heterocycles. The number of hydrogen-bond acceptors (Lipinski definition) is 4. The van der Waals surface area contributed by atoms with Crippen molar-refractivity contribution in [3.63, 3.8) is 0 Å². The smallest absolute Gasteiger partial charge is 0.252 e. The summed E-state index contributed by atoms with van der Waals surface area (Å²) in [4.78, 5) is 21.1. The maximum Gasteiger partial charge on any atom is 0.252 e. The Balaban J connectivity index is 1.40. The molecule has 0 bridgehead atoms. The summed E-state index contributed by atoms with van der Waals surface area (Å²) in [7, 11) is 0. The Morgan fingerprint density at radius 2 is 1.86 bits per heavy atom. The van der Waals surface area contributed by atoms with Crippen molar-refractivity contribution in [2.75, 3.05) is 13.1 Å². The lowest BCUT2D eigenvalue weighted by Crippen LogP contribution is -2.36. The number of rotatable bonds is 6. The maximum atomic E-state index is 11.9. The van der Waals surface area contributed by atoms with Gasteiger partial charge >= 0.3 is 0 Å². The normalized spacial score (nSPS) is 16.4. The van der Waals surface area contributed by atoms with E-state index in [-0.39, 0.29) is 5.56 Å². The van der Waals surface area contributed by atoms with Gasteiger partial charge in [0.05, 0.1) is 0 Å². The molecule has 1 fully saturated rings. The first-order valence-corrected chi connectivity index (χ1v) is 10.3. The molecular weight excluding hydrogens is 362 g/mol.